The molecule has 0 spiro atoms. The number of imide groups is 1. The molecule has 9 heteroatoms. The van der Waals surface area contributed by atoms with Gasteiger partial charge in [0.15, 0.2) is 5.54 Å². The van der Waals surface area contributed by atoms with Gasteiger partial charge >= 0.3 is 6.03 Å². The Balaban J connectivity index is 1.47. The number of benzene rings is 1. The van der Waals surface area contributed by atoms with Crippen molar-refractivity contribution in [3.8, 4) is 5.75 Å². The largest absolute Gasteiger partial charge is 0.497 e. The molecule has 1 saturated heterocycles. The van der Waals surface area contributed by atoms with Crippen molar-refractivity contribution < 1.29 is 19.1 Å². The number of amides is 4. The van der Waals surface area contributed by atoms with Crippen molar-refractivity contribution in [3.05, 3.63) is 47.3 Å². The highest BCUT2D eigenvalue weighted by molar-refractivity contribution is 6.08. The fourth-order valence-corrected chi connectivity index (χ4v) is 4.19. The third kappa shape index (κ3) is 2.68. The molecule has 29 heavy (non-hydrogen) atoms. The van der Waals surface area contributed by atoms with Crippen molar-refractivity contribution in [1.29, 1.82) is 0 Å². The molecule has 4 amide bonds. The molecule has 1 saturated carbocycles. The van der Waals surface area contributed by atoms with Crippen LogP contribution in [-0.2, 0) is 16.9 Å². The van der Waals surface area contributed by atoms with Crippen LogP contribution in [0, 0.1) is 0 Å². The summed E-state index contributed by atoms with van der Waals surface area (Å²) in [5, 5.41) is 9.47. The summed E-state index contributed by atoms with van der Waals surface area (Å²) in [4.78, 5) is 39.4. The molecule has 0 bridgehead atoms. The minimum absolute atomic E-state index is 0.0246. The minimum Gasteiger partial charge on any atom is -0.497 e. The van der Waals surface area contributed by atoms with Gasteiger partial charge in [0.05, 0.1) is 25.9 Å². The Labute approximate surface area is 167 Å². The number of hydrogen-bond acceptors (Lipinski definition) is 5. The summed E-state index contributed by atoms with van der Waals surface area (Å²) in [5.74, 6) is -0.0713. The van der Waals surface area contributed by atoms with Crippen LogP contribution < -0.4 is 15.4 Å². The topological polar surface area (TPSA) is 106 Å². The molecular weight excluding hydrogens is 374 g/mol. The molecule has 5 rings (SSSR count). The zero-order valence-electron chi connectivity index (χ0n) is 16.0. The summed E-state index contributed by atoms with van der Waals surface area (Å²) >= 11 is 0. The lowest BCUT2D eigenvalue weighted by Crippen LogP contribution is -2.52. The number of urea groups is 1. The van der Waals surface area contributed by atoms with E-state index in [-0.39, 0.29) is 12.5 Å². The van der Waals surface area contributed by atoms with Gasteiger partial charge in [-0.05, 0) is 37.0 Å². The number of ether oxygens (including phenoxy) is 1. The van der Waals surface area contributed by atoms with E-state index in [2.05, 4.69) is 15.7 Å². The zero-order valence-corrected chi connectivity index (χ0v) is 16.0. The van der Waals surface area contributed by atoms with E-state index < -0.39 is 17.5 Å². The van der Waals surface area contributed by atoms with Crippen LogP contribution in [0.5, 0.6) is 5.75 Å². The van der Waals surface area contributed by atoms with Gasteiger partial charge in [-0.1, -0.05) is 6.07 Å². The average Bonchev–Trinajstić information content (AvgIpc) is 3.32. The van der Waals surface area contributed by atoms with Gasteiger partial charge in [-0.2, -0.15) is 5.10 Å². The third-order valence-electron chi connectivity index (χ3n) is 6.11. The number of hydrogen-bond donors (Lipinski definition) is 2. The number of nitrogens with one attached hydrogen (secondary N) is 2. The molecule has 0 radical (unpaired) electrons. The molecule has 1 aromatic carbocycles. The first kappa shape index (κ1) is 17.7. The first-order valence-corrected chi connectivity index (χ1v) is 9.64. The van der Waals surface area contributed by atoms with Crippen molar-refractivity contribution in [3.63, 3.8) is 0 Å². The molecule has 1 atom stereocenters. The molecule has 1 aromatic heterocycles. The maximum Gasteiger partial charge on any atom is 0.322 e. The molecule has 2 N–H and O–H groups in total. The molecule has 3 heterocycles. The smallest absolute Gasteiger partial charge is 0.322 e. The summed E-state index contributed by atoms with van der Waals surface area (Å²) < 4.78 is 7.07. The van der Waals surface area contributed by atoms with Crippen molar-refractivity contribution in [2.24, 2.45) is 0 Å². The van der Waals surface area contributed by atoms with Crippen molar-refractivity contribution in [1.82, 2.24) is 25.3 Å². The van der Waals surface area contributed by atoms with Gasteiger partial charge in [0.25, 0.3) is 11.8 Å². The van der Waals surface area contributed by atoms with Gasteiger partial charge < -0.3 is 15.0 Å². The number of aromatic nitrogens is 2. The van der Waals surface area contributed by atoms with Gasteiger partial charge in [0.1, 0.15) is 5.75 Å². The predicted octanol–water partition coefficient (Wildman–Crippen LogP) is 1.31. The average molecular weight is 395 g/mol. The van der Waals surface area contributed by atoms with E-state index in [4.69, 9.17) is 4.74 Å². The SMILES string of the molecule is COc1ccc2c(c1)C(=O)N(C[C@@]1(c3cnn(C4CCC4)c3)NC(=O)NC1=O)C2. The Kier molecular flexibility index (Phi) is 3.87. The molecule has 0 unspecified atom stereocenters. The number of rotatable bonds is 5. The van der Waals surface area contributed by atoms with Crippen molar-refractivity contribution in [2.75, 3.05) is 13.7 Å². The van der Waals surface area contributed by atoms with E-state index in [0.29, 0.717) is 29.5 Å². The van der Waals surface area contributed by atoms with E-state index in [1.54, 1.807) is 30.3 Å². The number of carbonyl (C=O) groups is 3. The lowest BCUT2D eigenvalue weighted by Gasteiger charge is -2.30. The van der Waals surface area contributed by atoms with Gasteiger partial charge in [0.2, 0.25) is 0 Å². The highest BCUT2D eigenvalue weighted by Crippen LogP contribution is 2.35. The fourth-order valence-electron chi connectivity index (χ4n) is 4.19. The highest BCUT2D eigenvalue weighted by atomic mass is 16.5. The summed E-state index contributed by atoms with van der Waals surface area (Å²) in [6, 6.07) is 5.11. The van der Waals surface area contributed by atoms with Crippen LogP contribution in [0.2, 0.25) is 0 Å². The number of fused-ring (bicyclic) bond motifs is 1. The highest BCUT2D eigenvalue weighted by Gasteiger charge is 2.51. The van der Waals surface area contributed by atoms with Crippen molar-refractivity contribution >= 4 is 17.8 Å². The number of methoxy groups -OCH3 is 1. The monoisotopic (exact) mass is 395 g/mol. The molecule has 2 fully saturated rings. The molecular formula is C20H21N5O4. The standard InChI is InChI=1S/C20H21N5O4/c1-29-15-6-5-12-9-24(17(26)16(12)7-15)11-20(18(27)22-19(28)23-20)13-8-21-25(10-13)14-3-2-4-14/h5-8,10,14H,2-4,9,11H2,1H3,(H2,22,23,27,28)/t20-/m0/s1. The summed E-state index contributed by atoms with van der Waals surface area (Å²) in [6.07, 6.45) is 6.68. The van der Waals surface area contributed by atoms with E-state index in [1.807, 2.05) is 16.9 Å². The second-order valence-electron chi connectivity index (χ2n) is 7.79. The Bertz CT molecular complexity index is 1030. The third-order valence-corrected chi connectivity index (χ3v) is 6.11. The quantitative estimate of drug-likeness (QED) is 0.743. The van der Waals surface area contributed by atoms with Gasteiger partial charge in [-0.3, -0.25) is 19.6 Å². The van der Waals surface area contributed by atoms with Gasteiger partial charge in [0, 0.05) is 23.9 Å². The molecule has 2 aromatic rings. The Morgan fingerprint density at radius 3 is 2.76 bits per heavy atom. The summed E-state index contributed by atoms with van der Waals surface area (Å²) in [5.41, 5.74) is 0.630. The summed E-state index contributed by atoms with van der Waals surface area (Å²) in [7, 11) is 1.55. The van der Waals surface area contributed by atoms with Crippen LogP contribution in [0.1, 0.15) is 46.8 Å². The van der Waals surface area contributed by atoms with Crippen LogP contribution in [0.3, 0.4) is 0 Å². The Morgan fingerprint density at radius 1 is 1.28 bits per heavy atom. The lowest BCUT2D eigenvalue weighted by atomic mass is 9.91. The van der Waals surface area contributed by atoms with Crippen LogP contribution >= 0.6 is 0 Å². The second-order valence-corrected chi connectivity index (χ2v) is 7.79. The molecule has 150 valence electrons. The van der Waals surface area contributed by atoms with Gasteiger partial charge in [-0.25, -0.2) is 4.79 Å². The van der Waals surface area contributed by atoms with Crippen LogP contribution in [0.4, 0.5) is 4.79 Å². The Morgan fingerprint density at radius 2 is 2.10 bits per heavy atom. The van der Waals surface area contributed by atoms with E-state index in [9.17, 15) is 14.4 Å². The van der Waals surface area contributed by atoms with Crippen LogP contribution in [0.15, 0.2) is 30.6 Å². The van der Waals surface area contributed by atoms with Crippen LogP contribution in [0.25, 0.3) is 0 Å². The maximum absolute atomic E-state index is 13.0. The fraction of sp³-hybridized carbons (Fsp3) is 0.400. The first-order chi connectivity index (χ1) is 14.0. The second kappa shape index (κ2) is 6.33. The predicted molar refractivity (Wildman–Crippen MR) is 101 cm³/mol. The maximum atomic E-state index is 13.0. The van der Waals surface area contributed by atoms with Crippen molar-refractivity contribution in [2.45, 2.75) is 37.4 Å². The van der Waals surface area contributed by atoms with E-state index in [0.717, 1.165) is 24.8 Å². The van der Waals surface area contributed by atoms with E-state index in [1.165, 1.54) is 0 Å². The zero-order chi connectivity index (χ0) is 20.2. The normalized spacial score (nSPS) is 23.6. The van der Waals surface area contributed by atoms with E-state index >= 15 is 0 Å². The molecule has 3 aliphatic rings. The number of carbonyl (C=O) groups excluding carboxylic acids is 3. The lowest BCUT2D eigenvalue weighted by molar-refractivity contribution is -0.124. The first-order valence-electron chi connectivity index (χ1n) is 9.64. The molecule has 1 aliphatic carbocycles. The minimum atomic E-state index is -1.36. The summed E-state index contributed by atoms with van der Waals surface area (Å²) in [6.45, 7) is 0.386. The molecule has 2 aliphatic heterocycles. The molecule has 9 nitrogen and oxygen atoms in total. The van der Waals surface area contributed by atoms with Crippen LogP contribution in [-0.4, -0.2) is 46.2 Å². The Hall–Kier alpha value is -3.36. The van der Waals surface area contributed by atoms with Gasteiger partial charge in [-0.15, -0.1) is 0 Å². The number of nitrogens with zero attached hydrogens (tertiary/aromatic N) is 3.